The SMILES string of the molecule is CCNC(=NCCc1cccc2ccccc12)N1CCC(OCC)CC1. The first-order valence-corrected chi connectivity index (χ1v) is 9.93. The number of likely N-dealkylation sites (tertiary alicyclic amines) is 1. The maximum Gasteiger partial charge on any atom is 0.193 e. The van der Waals surface area contributed by atoms with Gasteiger partial charge in [-0.05, 0) is 49.4 Å². The zero-order chi connectivity index (χ0) is 18.2. The van der Waals surface area contributed by atoms with E-state index in [4.69, 9.17) is 9.73 Å². The standard InChI is InChI=1S/C22H31N3O/c1-3-23-22(25-16-13-20(14-17-25)26-4-2)24-15-12-19-10-7-9-18-8-5-6-11-21(18)19/h5-11,20H,3-4,12-17H2,1-2H3,(H,23,24). The van der Waals surface area contributed by atoms with Gasteiger partial charge in [0.05, 0.1) is 6.10 Å². The molecule has 26 heavy (non-hydrogen) atoms. The van der Waals surface area contributed by atoms with Crippen LogP contribution in [0.2, 0.25) is 0 Å². The molecule has 0 atom stereocenters. The number of ether oxygens (including phenoxy) is 1. The van der Waals surface area contributed by atoms with Gasteiger partial charge in [0, 0.05) is 32.8 Å². The fourth-order valence-electron chi connectivity index (χ4n) is 3.69. The number of benzene rings is 2. The molecular weight excluding hydrogens is 322 g/mol. The van der Waals surface area contributed by atoms with Crippen molar-refractivity contribution < 1.29 is 4.74 Å². The van der Waals surface area contributed by atoms with Gasteiger partial charge < -0.3 is 15.0 Å². The maximum absolute atomic E-state index is 5.76. The van der Waals surface area contributed by atoms with E-state index in [2.05, 4.69) is 66.5 Å². The zero-order valence-electron chi connectivity index (χ0n) is 16.1. The van der Waals surface area contributed by atoms with E-state index in [0.29, 0.717) is 6.10 Å². The van der Waals surface area contributed by atoms with Gasteiger partial charge in [0.15, 0.2) is 5.96 Å². The molecule has 0 aliphatic carbocycles. The van der Waals surface area contributed by atoms with Crippen molar-refractivity contribution >= 4 is 16.7 Å². The van der Waals surface area contributed by atoms with Crippen LogP contribution in [0.3, 0.4) is 0 Å². The lowest BCUT2D eigenvalue weighted by molar-refractivity contribution is 0.0264. The van der Waals surface area contributed by atoms with Crippen LogP contribution in [0, 0.1) is 0 Å². The summed E-state index contributed by atoms with van der Waals surface area (Å²) in [6.07, 6.45) is 3.55. The fraction of sp³-hybridized carbons (Fsp3) is 0.500. The lowest BCUT2D eigenvalue weighted by Gasteiger charge is -2.34. The van der Waals surface area contributed by atoms with Crippen LogP contribution in [0.1, 0.15) is 32.3 Å². The monoisotopic (exact) mass is 353 g/mol. The van der Waals surface area contributed by atoms with E-state index in [1.54, 1.807) is 0 Å². The van der Waals surface area contributed by atoms with Gasteiger partial charge in [-0.3, -0.25) is 4.99 Å². The van der Waals surface area contributed by atoms with Crippen LogP contribution in [0.5, 0.6) is 0 Å². The van der Waals surface area contributed by atoms with Crippen LogP contribution in [0.15, 0.2) is 47.5 Å². The lowest BCUT2D eigenvalue weighted by Crippen LogP contribution is -2.47. The molecule has 0 unspecified atom stereocenters. The first-order chi connectivity index (χ1) is 12.8. The van der Waals surface area contributed by atoms with Crippen LogP contribution in [-0.2, 0) is 11.2 Å². The second-order valence-corrected chi connectivity index (χ2v) is 6.77. The summed E-state index contributed by atoms with van der Waals surface area (Å²) in [5.41, 5.74) is 1.37. The second kappa shape index (κ2) is 9.58. The highest BCUT2D eigenvalue weighted by molar-refractivity contribution is 5.85. The van der Waals surface area contributed by atoms with Gasteiger partial charge in [-0.15, -0.1) is 0 Å². The smallest absolute Gasteiger partial charge is 0.193 e. The molecule has 1 heterocycles. The Hall–Kier alpha value is -2.07. The van der Waals surface area contributed by atoms with Crippen LogP contribution < -0.4 is 5.32 Å². The molecule has 0 saturated carbocycles. The molecule has 4 heteroatoms. The topological polar surface area (TPSA) is 36.9 Å². The third-order valence-electron chi connectivity index (χ3n) is 5.00. The molecule has 0 amide bonds. The van der Waals surface area contributed by atoms with Gasteiger partial charge in [-0.2, -0.15) is 0 Å². The summed E-state index contributed by atoms with van der Waals surface area (Å²) >= 11 is 0. The summed E-state index contributed by atoms with van der Waals surface area (Å²) < 4.78 is 5.76. The molecule has 0 aromatic heterocycles. The Kier molecular flexibility index (Phi) is 6.89. The molecule has 0 radical (unpaired) electrons. The summed E-state index contributed by atoms with van der Waals surface area (Å²) in [5.74, 6) is 1.04. The highest BCUT2D eigenvalue weighted by Gasteiger charge is 2.21. The summed E-state index contributed by atoms with van der Waals surface area (Å²) in [6.45, 7) is 8.76. The van der Waals surface area contributed by atoms with Crippen molar-refractivity contribution in [2.24, 2.45) is 4.99 Å². The highest BCUT2D eigenvalue weighted by Crippen LogP contribution is 2.19. The molecule has 2 aromatic carbocycles. The molecule has 4 nitrogen and oxygen atoms in total. The van der Waals surface area contributed by atoms with Gasteiger partial charge in [0.2, 0.25) is 0 Å². The first-order valence-electron chi connectivity index (χ1n) is 9.93. The van der Waals surface area contributed by atoms with Crippen molar-refractivity contribution in [1.29, 1.82) is 0 Å². The Labute approximate surface area is 157 Å². The molecule has 0 bridgehead atoms. The van der Waals surface area contributed by atoms with Gasteiger partial charge in [-0.25, -0.2) is 0 Å². The number of aliphatic imine (C=N–C) groups is 1. The highest BCUT2D eigenvalue weighted by atomic mass is 16.5. The molecular formula is C22H31N3O. The quantitative estimate of drug-likeness (QED) is 0.633. The van der Waals surface area contributed by atoms with Gasteiger partial charge in [-0.1, -0.05) is 42.5 Å². The summed E-state index contributed by atoms with van der Waals surface area (Å²) in [7, 11) is 0. The Balaban J connectivity index is 1.62. The van der Waals surface area contributed by atoms with E-state index in [-0.39, 0.29) is 0 Å². The van der Waals surface area contributed by atoms with Gasteiger partial charge in [0.1, 0.15) is 0 Å². The lowest BCUT2D eigenvalue weighted by atomic mass is 10.0. The number of fused-ring (bicyclic) bond motifs is 1. The Morgan fingerprint density at radius 2 is 1.88 bits per heavy atom. The van der Waals surface area contributed by atoms with E-state index in [1.807, 2.05) is 0 Å². The summed E-state index contributed by atoms with van der Waals surface area (Å²) in [6, 6.07) is 15.1. The molecule has 1 fully saturated rings. The Morgan fingerprint density at radius 3 is 2.65 bits per heavy atom. The number of guanidine groups is 1. The first kappa shape index (κ1) is 18.7. The van der Waals surface area contributed by atoms with Crippen molar-refractivity contribution in [2.45, 2.75) is 39.2 Å². The summed E-state index contributed by atoms with van der Waals surface area (Å²) in [5, 5.41) is 6.10. The number of nitrogens with zero attached hydrogens (tertiary/aromatic N) is 2. The van der Waals surface area contributed by atoms with Crippen molar-refractivity contribution in [1.82, 2.24) is 10.2 Å². The minimum Gasteiger partial charge on any atom is -0.378 e. The Morgan fingerprint density at radius 1 is 1.12 bits per heavy atom. The maximum atomic E-state index is 5.76. The average Bonchev–Trinajstić information content (AvgIpc) is 2.68. The van der Waals surface area contributed by atoms with E-state index in [9.17, 15) is 0 Å². The van der Waals surface area contributed by atoms with Crippen molar-refractivity contribution in [3.05, 3.63) is 48.0 Å². The molecule has 140 valence electrons. The van der Waals surface area contributed by atoms with Crippen LogP contribution in [0.25, 0.3) is 10.8 Å². The minimum absolute atomic E-state index is 0.412. The van der Waals surface area contributed by atoms with Crippen LogP contribution in [0.4, 0.5) is 0 Å². The van der Waals surface area contributed by atoms with Gasteiger partial charge in [0.25, 0.3) is 0 Å². The predicted molar refractivity (Wildman–Crippen MR) is 110 cm³/mol. The molecule has 3 rings (SSSR count). The third kappa shape index (κ3) is 4.76. The third-order valence-corrected chi connectivity index (χ3v) is 5.00. The van der Waals surface area contributed by atoms with Crippen molar-refractivity contribution in [3.63, 3.8) is 0 Å². The number of piperidine rings is 1. The fourth-order valence-corrected chi connectivity index (χ4v) is 3.69. The molecule has 1 N–H and O–H groups in total. The molecule has 0 spiro atoms. The molecule has 2 aromatic rings. The molecule has 1 aliphatic heterocycles. The number of hydrogen-bond donors (Lipinski definition) is 1. The van der Waals surface area contributed by atoms with E-state index in [0.717, 1.165) is 58.0 Å². The molecule has 1 saturated heterocycles. The number of hydrogen-bond acceptors (Lipinski definition) is 2. The normalized spacial score (nSPS) is 16.2. The molecule has 1 aliphatic rings. The van der Waals surface area contributed by atoms with Crippen LogP contribution >= 0.6 is 0 Å². The van der Waals surface area contributed by atoms with Crippen molar-refractivity contribution in [2.75, 3.05) is 32.8 Å². The number of rotatable bonds is 6. The van der Waals surface area contributed by atoms with E-state index < -0.39 is 0 Å². The van der Waals surface area contributed by atoms with Gasteiger partial charge >= 0.3 is 0 Å². The van der Waals surface area contributed by atoms with Crippen LogP contribution in [-0.4, -0.2) is 49.7 Å². The number of nitrogens with one attached hydrogen (secondary N) is 1. The summed E-state index contributed by atoms with van der Waals surface area (Å²) in [4.78, 5) is 7.28. The zero-order valence-corrected chi connectivity index (χ0v) is 16.1. The predicted octanol–water partition coefficient (Wildman–Crippen LogP) is 3.85. The second-order valence-electron chi connectivity index (χ2n) is 6.77. The van der Waals surface area contributed by atoms with E-state index in [1.165, 1.54) is 16.3 Å². The minimum atomic E-state index is 0.412. The van der Waals surface area contributed by atoms with Crippen molar-refractivity contribution in [3.8, 4) is 0 Å². The van der Waals surface area contributed by atoms with E-state index >= 15 is 0 Å². The average molecular weight is 354 g/mol. The largest absolute Gasteiger partial charge is 0.378 e. The Bertz CT molecular complexity index is 715.